The number of hydrogen-bond acceptors (Lipinski definition) is 3. The van der Waals surface area contributed by atoms with Crippen LogP contribution in [0.3, 0.4) is 0 Å². The average molecular weight is 278 g/mol. The van der Waals surface area contributed by atoms with Crippen molar-refractivity contribution in [3.05, 3.63) is 57.7 Å². The molecule has 0 aliphatic carbocycles. The van der Waals surface area contributed by atoms with Crippen molar-refractivity contribution in [2.24, 2.45) is 0 Å². The lowest BCUT2D eigenvalue weighted by Gasteiger charge is -2.08. The largest absolute Gasteiger partial charge is 0.321 e. The zero-order chi connectivity index (χ0) is 13.8. The van der Waals surface area contributed by atoms with Crippen molar-refractivity contribution >= 4 is 23.2 Å². The summed E-state index contributed by atoms with van der Waals surface area (Å²) in [5.41, 5.74) is 0.713. The maximum atomic E-state index is 12.0. The molecule has 0 aliphatic rings. The molecule has 1 N–H and O–H groups in total. The van der Waals surface area contributed by atoms with Crippen LogP contribution in [-0.4, -0.2) is 15.5 Å². The highest BCUT2D eigenvalue weighted by Crippen LogP contribution is 2.15. The molecule has 0 aliphatic heterocycles. The molecule has 0 unspecified atom stereocenters. The first-order valence-electron chi connectivity index (χ1n) is 5.73. The molecule has 0 saturated heterocycles. The lowest BCUT2D eigenvalue weighted by Crippen LogP contribution is -2.20. The minimum Gasteiger partial charge on any atom is -0.321 e. The minimum atomic E-state index is -0.362. The Morgan fingerprint density at radius 3 is 2.89 bits per heavy atom. The Bertz CT molecular complexity index is 667. The smallest absolute Gasteiger partial charge is 0.258 e. The summed E-state index contributed by atoms with van der Waals surface area (Å²) < 4.78 is 1.50. The molecular weight excluding hydrogens is 266 g/mol. The fourth-order valence-corrected chi connectivity index (χ4v) is 1.79. The van der Waals surface area contributed by atoms with Gasteiger partial charge in [-0.1, -0.05) is 11.6 Å². The van der Waals surface area contributed by atoms with Gasteiger partial charge in [-0.2, -0.15) is 0 Å². The average Bonchev–Trinajstić information content (AvgIpc) is 2.41. The Morgan fingerprint density at radius 2 is 2.21 bits per heavy atom. The van der Waals surface area contributed by atoms with Gasteiger partial charge in [0, 0.05) is 31.2 Å². The molecule has 0 fully saturated rings. The van der Waals surface area contributed by atoms with Crippen LogP contribution >= 0.6 is 11.6 Å². The Hall–Kier alpha value is -2.14. The standard InChI is InChI=1S/C13H12ClN3O2/c1-2-17-8-9(3-4-12(17)18)16-13(19)10-7-15-6-5-11(10)14/h3-8H,2H2,1H3,(H,16,19). The highest BCUT2D eigenvalue weighted by Gasteiger charge is 2.10. The van der Waals surface area contributed by atoms with Crippen molar-refractivity contribution in [3.63, 3.8) is 0 Å². The van der Waals surface area contributed by atoms with E-state index in [4.69, 9.17) is 11.6 Å². The van der Waals surface area contributed by atoms with Crippen molar-refractivity contribution in [2.75, 3.05) is 5.32 Å². The monoisotopic (exact) mass is 277 g/mol. The molecule has 5 nitrogen and oxygen atoms in total. The molecule has 0 aromatic carbocycles. The van der Waals surface area contributed by atoms with Crippen LogP contribution < -0.4 is 10.9 Å². The fourth-order valence-electron chi connectivity index (χ4n) is 1.60. The van der Waals surface area contributed by atoms with Gasteiger partial charge in [0.1, 0.15) is 0 Å². The number of halogens is 1. The van der Waals surface area contributed by atoms with Crippen molar-refractivity contribution in [1.29, 1.82) is 0 Å². The van der Waals surface area contributed by atoms with Gasteiger partial charge in [-0.05, 0) is 19.1 Å². The molecule has 19 heavy (non-hydrogen) atoms. The molecule has 2 rings (SSSR count). The zero-order valence-electron chi connectivity index (χ0n) is 10.3. The number of anilines is 1. The molecule has 0 bridgehead atoms. The number of amides is 1. The SMILES string of the molecule is CCn1cc(NC(=O)c2cnccc2Cl)ccc1=O. The van der Waals surface area contributed by atoms with Gasteiger partial charge in [0.2, 0.25) is 0 Å². The number of nitrogens with zero attached hydrogens (tertiary/aromatic N) is 2. The number of nitrogens with one attached hydrogen (secondary N) is 1. The predicted molar refractivity (Wildman–Crippen MR) is 73.6 cm³/mol. The summed E-state index contributed by atoms with van der Waals surface area (Å²) in [6.07, 6.45) is 4.49. The molecular formula is C13H12ClN3O2. The topological polar surface area (TPSA) is 64.0 Å². The Morgan fingerprint density at radius 1 is 1.42 bits per heavy atom. The summed E-state index contributed by atoms with van der Waals surface area (Å²) in [4.78, 5) is 27.3. The Labute approximate surface area is 114 Å². The Kier molecular flexibility index (Phi) is 3.97. The molecule has 0 radical (unpaired) electrons. The molecule has 6 heteroatoms. The third-order valence-corrected chi connectivity index (χ3v) is 2.92. The van der Waals surface area contributed by atoms with Crippen molar-refractivity contribution < 1.29 is 4.79 Å². The van der Waals surface area contributed by atoms with Crippen LogP contribution in [-0.2, 0) is 6.54 Å². The summed E-state index contributed by atoms with van der Waals surface area (Å²) in [6, 6.07) is 4.50. The third kappa shape index (κ3) is 3.00. The first-order valence-corrected chi connectivity index (χ1v) is 6.11. The van der Waals surface area contributed by atoms with Crippen molar-refractivity contribution in [2.45, 2.75) is 13.5 Å². The van der Waals surface area contributed by atoms with Gasteiger partial charge in [0.15, 0.2) is 0 Å². The van der Waals surface area contributed by atoms with E-state index in [0.29, 0.717) is 22.8 Å². The maximum absolute atomic E-state index is 12.0. The third-order valence-electron chi connectivity index (χ3n) is 2.59. The predicted octanol–water partition coefficient (Wildman–Crippen LogP) is 2.17. The summed E-state index contributed by atoms with van der Waals surface area (Å²) >= 11 is 5.91. The Balaban J connectivity index is 2.24. The van der Waals surface area contributed by atoms with Crippen LogP contribution in [0.4, 0.5) is 5.69 Å². The second-order valence-electron chi connectivity index (χ2n) is 3.85. The summed E-state index contributed by atoms with van der Waals surface area (Å²) in [5.74, 6) is -0.362. The van der Waals surface area contributed by atoms with Gasteiger partial charge >= 0.3 is 0 Å². The first kappa shape index (κ1) is 13.3. The lowest BCUT2D eigenvalue weighted by atomic mass is 10.2. The number of aromatic nitrogens is 2. The molecule has 1 amide bonds. The van der Waals surface area contributed by atoms with Crippen LogP contribution in [0.2, 0.25) is 5.02 Å². The molecule has 2 heterocycles. The van der Waals surface area contributed by atoms with E-state index in [0.717, 1.165) is 0 Å². The second kappa shape index (κ2) is 5.67. The van der Waals surface area contributed by atoms with E-state index in [-0.39, 0.29) is 11.5 Å². The van der Waals surface area contributed by atoms with Crippen LogP contribution in [0, 0.1) is 0 Å². The van der Waals surface area contributed by atoms with E-state index >= 15 is 0 Å². The molecule has 2 aromatic rings. The van der Waals surface area contributed by atoms with Gasteiger partial charge < -0.3 is 9.88 Å². The van der Waals surface area contributed by atoms with Gasteiger partial charge in [-0.15, -0.1) is 0 Å². The number of rotatable bonds is 3. The van der Waals surface area contributed by atoms with E-state index in [1.165, 1.54) is 23.0 Å². The molecule has 2 aromatic heterocycles. The highest BCUT2D eigenvalue weighted by molar-refractivity contribution is 6.34. The van der Waals surface area contributed by atoms with Crippen LogP contribution in [0.5, 0.6) is 0 Å². The summed E-state index contributed by atoms with van der Waals surface area (Å²) in [7, 11) is 0. The minimum absolute atomic E-state index is 0.111. The van der Waals surface area contributed by atoms with Crippen LogP contribution in [0.15, 0.2) is 41.6 Å². The summed E-state index contributed by atoms with van der Waals surface area (Å²) in [6.45, 7) is 2.39. The number of carbonyl (C=O) groups excluding carboxylic acids is 1. The van der Waals surface area contributed by atoms with Crippen LogP contribution in [0.25, 0.3) is 0 Å². The quantitative estimate of drug-likeness (QED) is 0.935. The lowest BCUT2D eigenvalue weighted by molar-refractivity contribution is 0.102. The van der Waals surface area contributed by atoms with E-state index in [9.17, 15) is 9.59 Å². The van der Waals surface area contributed by atoms with Gasteiger partial charge in [0.05, 0.1) is 16.3 Å². The first-order chi connectivity index (χ1) is 9.11. The second-order valence-corrected chi connectivity index (χ2v) is 4.26. The van der Waals surface area contributed by atoms with E-state index in [2.05, 4.69) is 10.3 Å². The number of pyridine rings is 2. The maximum Gasteiger partial charge on any atom is 0.258 e. The summed E-state index contributed by atoms with van der Waals surface area (Å²) in [5, 5.41) is 3.01. The zero-order valence-corrected chi connectivity index (χ0v) is 11.0. The fraction of sp³-hybridized carbons (Fsp3) is 0.154. The van der Waals surface area contributed by atoms with Gasteiger partial charge in [-0.3, -0.25) is 14.6 Å². The molecule has 98 valence electrons. The molecule has 0 saturated carbocycles. The van der Waals surface area contributed by atoms with Crippen molar-refractivity contribution in [1.82, 2.24) is 9.55 Å². The molecule has 0 atom stereocenters. The van der Waals surface area contributed by atoms with E-state index in [1.54, 1.807) is 18.3 Å². The van der Waals surface area contributed by atoms with Crippen LogP contribution in [0.1, 0.15) is 17.3 Å². The van der Waals surface area contributed by atoms with Gasteiger partial charge in [-0.25, -0.2) is 0 Å². The molecule has 0 spiro atoms. The highest BCUT2D eigenvalue weighted by atomic mass is 35.5. The number of aryl methyl sites for hydroxylation is 1. The van der Waals surface area contributed by atoms with Crippen molar-refractivity contribution in [3.8, 4) is 0 Å². The normalized spacial score (nSPS) is 10.2. The van der Waals surface area contributed by atoms with Gasteiger partial charge in [0.25, 0.3) is 11.5 Å². The van der Waals surface area contributed by atoms with E-state index < -0.39 is 0 Å². The van der Waals surface area contributed by atoms with E-state index in [1.807, 2.05) is 6.92 Å². The number of hydrogen-bond donors (Lipinski definition) is 1. The number of carbonyl (C=O) groups is 1.